The van der Waals surface area contributed by atoms with Gasteiger partial charge in [-0.2, -0.15) is 11.8 Å². The first-order valence-corrected chi connectivity index (χ1v) is 7.55. The van der Waals surface area contributed by atoms with Gasteiger partial charge in [0.25, 0.3) is 0 Å². The zero-order chi connectivity index (χ0) is 13.0. The molecule has 1 unspecified atom stereocenters. The van der Waals surface area contributed by atoms with E-state index in [1.807, 2.05) is 16.7 Å². The summed E-state index contributed by atoms with van der Waals surface area (Å²) >= 11 is 1.82. The molecule has 2 fully saturated rings. The Morgan fingerprint density at radius 3 is 2.61 bits per heavy atom. The fourth-order valence-electron chi connectivity index (χ4n) is 2.45. The van der Waals surface area contributed by atoms with Crippen LogP contribution in [0.25, 0.3) is 0 Å². The lowest BCUT2D eigenvalue weighted by molar-refractivity contribution is -0.149. The molecule has 0 spiro atoms. The van der Waals surface area contributed by atoms with Gasteiger partial charge in [-0.15, -0.1) is 0 Å². The molecule has 0 aromatic carbocycles. The molecule has 2 heterocycles. The van der Waals surface area contributed by atoms with Crippen LogP contribution in [0.4, 0.5) is 0 Å². The van der Waals surface area contributed by atoms with Crippen molar-refractivity contribution in [1.82, 2.24) is 10.2 Å². The molecular weight excluding hydrogens is 252 g/mol. The highest BCUT2D eigenvalue weighted by Crippen LogP contribution is 2.20. The van der Waals surface area contributed by atoms with Crippen LogP contribution in [0.15, 0.2) is 0 Å². The monoisotopic (exact) mass is 272 g/mol. The van der Waals surface area contributed by atoms with E-state index >= 15 is 0 Å². The van der Waals surface area contributed by atoms with Gasteiger partial charge in [-0.05, 0) is 12.8 Å². The maximum absolute atomic E-state index is 12.2. The van der Waals surface area contributed by atoms with Crippen LogP contribution in [0.5, 0.6) is 0 Å². The van der Waals surface area contributed by atoms with Gasteiger partial charge in [0.1, 0.15) is 0 Å². The fraction of sp³-hybridized carbons (Fsp3) is 0.833. The van der Waals surface area contributed by atoms with Gasteiger partial charge in [-0.25, -0.2) is 0 Å². The molecule has 2 rings (SSSR count). The van der Waals surface area contributed by atoms with Crippen LogP contribution in [0.3, 0.4) is 0 Å². The van der Waals surface area contributed by atoms with Crippen molar-refractivity contribution < 1.29 is 14.3 Å². The van der Waals surface area contributed by atoms with E-state index in [4.69, 9.17) is 4.74 Å². The topological polar surface area (TPSA) is 58.6 Å². The molecule has 0 aliphatic carbocycles. The minimum absolute atomic E-state index is 0.0345. The number of nitrogens with zero attached hydrogens (tertiary/aromatic N) is 1. The Morgan fingerprint density at radius 2 is 2.06 bits per heavy atom. The minimum Gasteiger partial charge on any atom is -0.469 e. The average Bonchev–Trinajstić information content (AvgIpc) is 2.47. The van der Waals surface area contributed by atoms with Crippen LogP contribution < -0.4 is 5.32 Å². The predicted octanol–water partition coefficient (Wildman–Crippen LogP) is 0.103. The summed E-state index contributed by atoms with van der Waals surface area (Å²) in [6, 6.07) is -0.0431. The third kappa shape index (κ3) is 3.17. The molecule has 1 amide bonds. The first-order valence-electron chi connectivity index (χ1n) is 6.40. The summed E-state index contributed by atoms with van der Waals surface area (Å²) < 4.78 is 4.74. The summed E-state index contributed by atoms with van der Waals surface area (Å²) in [5.74, 6) is 1.94. The first kappa shape index (κ1) is 13.7. The number of hydrogen-bond donors (Lipinski definition) is 1. The molecule has 102 valence electrons. The van der Waals surface area contributed by atoms with Crippen molar-refractivity contribution in [3.05, 3.63) is 0 Å². The SMILES string of the molecule is COC(=O)C1CCN(C(=O)C2CSCCN2)CC1. The second-order valence-corrected chi connectivity index (χ2v) is 5.85. The molecule has 1 atom stereocenters. The van der Waals surface area contributed by atoms with Gasteiger partial charge in [0.15, 0.2) is 0 Å². The Kier molecular flexibility index (Phi) is 4.88. The third-order valence-corrected chi connectivity index (χ3v) is 4.62. The molecule has 2 aliphatic rings. The molecule has 6 heteroatoms. The van der Waals surface area contributed by atoms with Crippen LogP contribution in [0.1, 0.15) is 12.8 Å². The summed E-state index contributed by atoms with van der Waals surface area (Å²) in [4.78, 5) is 25.5. The van der Waals surface area contributed by atoms with Gasteiger partial charge in [0.05, 0.1) is 19.1 Å². The number of rotatable bonds is 2. The summed E-state index contributed by atoms with van der Waals surface area (Å²) in [6.45, 7) is 2.24. The Bertz CT molecular complexity index is 310. The van der Waals surface area contributed by atoms with E-state index in [9.17, 15) is 9.59 Å². The molecule has 0 saturated carbocycles. The van der Waals surface area contributed by atoms with Gasteiger partial charge in [-0.3, -0.25) is 9.59 Å². The van der Waals surface area contributed by atoms with Crippen molar-refractivity contribution in [3.8, 4) is 0 Å². The van der Waals surface area contributed by atoms with Crippen molar-refractivity contribution in [3.63, 3.8) is 0 Å². The number of carbonyl (C=O) groups is 2. The minimum atomic E-state index is -0.145. The second-order valence-electron chi connectivity index (χ2n) is 4.70. The van der Waals surface area contributed by atoms with Crippen LogP contribution >= 0.6 is 11.8 Å². The molecule has 1 N–H and O–H groups in total. The zero-order valence-electron chi connectivity index (χ0n) is 10.7. The average molecular weight is 272 g/mol. The normalized spacial score (nSPS) is 25.8. The van der Waals surface area contributed by atoms with Crippen molar-refractivity contribution in [1.29, 1.82) is 0 Å². The van der Waals surface area contributed by atoms with Crippen molar-refractivity contribution >= 4 is 23.6 Å². The lowest BCUT2D eigenvalue weighted by Crippen LogP contribution is -2.52. The van der Waals surface area contributed by atoms with Crippen molar-refractivity contribution in [2.75, 3.05) is 38.2 Å². The van der Waals surface area contributed by atoms with E-state index in [2.05, 4.69) is 5.32 Å². The smallest absolute Gasteiger partial charge is 0.308 e. The molecule has 2 saturated heterocycles. The van der Waals surface area contributed by atoms with E-state index in [-0.39, 0.29) is 23.8 Å². The fourth-order valence-corrected chi connectivity index (χ4v) is 3.37. The van der Waals surface area contributed by atoms with E-state index in [0.717, 1.165) is 30.9 Å². The summed E-state index contributed by atoms with van der Waals surface area (Å²) in [6.07, 6.45) is 1.44. The maximum Gasteiger partial charge on any atom is 0.308 e. The number of esters is 1. The van der Waals surface area contributed by atoms with Gasteiger partial charge >= 0.3 is 5.97 Å². The predicted molar refractivity (Wildman–Crippen MR) is 70.4 cm³/mol. The Hall–Kier alpha value is -0.750. The van der Waals surface area contributed by atoms with E-state index in [0.29, 0.717) is 13.1 Å². The Labute approximate surface area is 112 Å². The summed E-state index contributed by atoms with van der Waals surface area (Å²) in [5, 5.41) is 3.26. The molecule has 0 aromatic rings. The standard InChI is InChI=1S/C12H20N2O3S/c1-17-12(16)9-2-5-14(6-3-9)11(15)10-8-18-7-4-13-10/h9-10,13H,2-8H2,1H3. The molecule has 2 aliphatic heterocycles. The molecule has 5 nitrogen and oxygen atoms in total. The quantitative estimate of drug-likeness (QED) is 0.723. The number of piperidine rings is 1. The van der Waals surface area contributed by atoms with E-state index in [1.54, 1.807) is 0 Å². The number of methoxy groups -OCH3 is 1. The van der Waals surface area contributed by atoms with E-state index < -0.39 is 0 Å². The molecular formula is C12H20N2O3S. The van der Waals surface area contributed by atoms with Crippen LogP contribution in [-0.2, 0) is 14.3 Å². The number of nitrogens with one attached hydrogen (secondary N) is 1. The number of thioether (sulfide) groups is 1. The van der Waals surface area contributed by atoms with Gasteiger partial charge in [-0.1, -0.05) is 0 Å². The molecule has 0 bridgehead atoms. The highest BCUT2D eigenvalue weighted by Gasteiger charge is 2.31. The number of carbonyl (C=O) groups excluding carboxylic acids is 2. The maximum atomic E-state index is 12.2. The second kappa shape index (κ2) is 6.43. The number of likely N-dealkylation sites (tertiary alicyclic amines) is 1. The lowest BCUT2D eigenvalue weighted by Gasteiger charge is -2.34. The number of amides is 1. The van der Waals surface area contributed by atoms with Crippen molar-refractivity contribution in [2.45, 2.75) is 18.9 Å². The molecule has 0 aromatic heterocycles. The highest BCUT2D eigenvalue weighted by atomic mass is 32.2. The van der Waals surface area contributed by atoms with Crippen LogP contribution in [0, 0.1) is 5.92 Å². The Morgan fingerprint density at radius 1 is 1.33 bits per heavy atom. The molecule has 18 heavy (non-hydrogen) atoms. The Balaban J connectivity index is 1.81. The summed E-state index contributed by atoms with van der Waals surface area (Å²) in [5.41, 5.74) is 0. The number of hydrogen-bond acceptors (Lipinski definition) is 5. The van der Waals surface area contributed by atoms with Crippen LogP contribution in [-0.4, -0.2) is 61.1 Å². The zero-order valence-corrected chi connectivity index (χ0v) is 11.5. The van der Waals surface area contributed by atoms with Gasteiger partial charge in [0.2, 0.25) is 5.91 Å². The van der Waals surface area contributed by atoms with Gasteiger partial charge < -0.3 is 15.0 Å². The first-order chi connectivity index (χ1) is 8.72. The van der Waals surface area contributed by atoms with E-state index in [1.165, 1.54) is 7.11 Å². The van der Waals surface area contributed by atoms with Gasteiger partial charge in [0, 0.05) is 31.1 Å². The van der Waals surface area contributed by atoms with Crippen LogP contribution in [0.2, 0.25) is 0 Å². The largest absolute Gasteiger partial charge is 0.469 e. The lowest BCUT2D eigenvalue weighted by atomic mass is 9.96. The highest BCUT2D eigenvalue weighted by molar-refractivity contribution is 7.99. The number of ether oxygens (including phenoxy) is 1. The third-order valence-electron chi connectivity index (χ3n) is 3.56. The van der Waals surface area contributed by atoms with Crippen molar-refractivity contribution in [2.24, 2.45) is 5.92 Å². The summed E-state index contributed by atoms with van der Waals surface area (Å²) in [7, 11) is 1.42. The molecule has 0 radical (unpaired) electrons.